The van der Waals surface area contributed by atoms with Crippen molar-refractivity contribution in [2.75, 3.05) is 18.0 Å². The number of hydrogen-bond acceptors (Lipinski definition) is 3. The lowest BCUT2D eigenvalue weighted by Gasteiger charge is -2.48. The van der Waals surface area contributed by atoms with E-state index in [1.807, 2.05) is 13.0 Å². The number of nitrogens with zero attached hydrogens (tertiary/aromatic N) is 1. The van der Waals surface area contributed by atoms with E-state index in [9.17, 15) is 9.50 Å². The minimum Gasteiger partial charge on any atom is -0.389 e. The van der Waals surface area contributed by atoms with Gasteiger partial charge in [-0.25, -0.2) is 4.39 Å². The number of benzene rings is 1. The number of fused-ring (bicyclic) bond motifs is 1. The third-order valence-corrected chi connectivity index (χ3v) is 5.25. The fourth-order valence-corrected chi connectivity index (χ4v) is 4.01. The van der Waals surface area contributed by atoms with Crippen LogP contribution in [0.15, 0.2) is 18.2 Å². The summed E-state index contributed by atoms with van der Waals surface area (Å²) in [6.45, 7) is 3.32. The molecule has 3 atom stereocenters. The molecular weight excluding hydrogens is 267 g/mol. The summed E-state index contributed by atoms with van der Waals surface area (Å²) in [5, 5.41) is 10.8. The summed E-state index contributed by atoms with van der Waals surface area (Å²) in [5.41, 5.74) is 6.97. The molecule has 3 nitrogen and oxygen atoms in total. The van der Waals surface area contributed by atoms with E-state index < -0.39 is 5.60 Å². The van der Waals surface area contributed by atoms with Crippen LogP contribution in [0.1, 0.15) is 50.6 Å². The molecule has 3 rings (SSSR count). The summed E-state index contributed by atoms with van der Waals surface area (Å²) >= 11 is 0. The average Bonchev–Trinajstić information content (AvgIpc) is 2.46. The van der Waals surface area contributed by atoms with E-state index in [0.717, 1.165) is 44.2 Å². The zero-order chi connectivity index (χ0) is 15.0. The molecule has 2 fully saturated rings. The SMILES string of the molecule is CC(N)c1cccc(F)c1N1CCC2(O)CCCCC2C1. The molecule has 1 saturated heterocycles. The number of rotatable bonds is 2. The van der Waals surface area contributed by atoms with Gasteiger partial charge in [-0.2, -0.15) is 0 Å². The molecule has 0 aromatic heterocycles. The third-order valence-electron chi connectivity index (χ3n) is 5.25. The molecule has 1 aromatic rings. The van der Waals surface area contributed by atoms with Crippen LogP contribution >= 0.6 is 0 Å². The molecule has 0 bridgehead atoms. The number of piperidine rings is 1. The van der Waals surface area contributed by atoms with Crippen molar-refractivity contribution >= 4 is 5.69 Å². The number of halogens is 1. The normalized spacial score (nSPS) is 30.9. The second kappa shape index (κ2) is 5.58. The molecular formula is C17H25FN2O. The molecule has 1 heterocycles. The maximum absolute atomic E-state index is 14.4. The second-order valence-electron chi connectivity index (χ2n) is 6.71. The van der Waals surface area contributed by atoms with Gasteiger partial charge in [0.15, 0.2) is 0 Å². The van der Waals surface area contributed by atoms with Gasteiger partial charge in [0.25, 0.3) is 0 Å². The summed E-state index contributed by atoms with van der Waals surface area (Å²) in [4.78, 5) is 2.10. The van der Waals surface area contributed by atoms with Gasteiger partial charge < -0.3 is 15.7 Å². The van der Waals surface area contributed by atoms with Gasteiger partial charge in [0.2, 0.25) is 0 Å². The van der Waals surface area contributed by atoms with Crippen LogP contribution in [0.2, 0.25) is 0 Å². The number of anilines is 1. The smallest absolute Gasteiger partial charge is 0.146 e. The largest absolute Gasteiger partial charge is 0.389 e. The Labute approximate surface area is 125 Å². The molecule has 0 radical (unpaired) electrons. The fourth-order valence-electron chi connectivity index (χ4n) is 4.01. The monoisotopic (exact) mass is 292 g/mol. The first-order valence-corrected chi connectivity index (χ1v) is 8.02. The van der Waals surface area contributed by atoms with E-state index >= 15 is 0 Å². The van der Waals surface area contributed by atoms with Crippen LogP contribution in [0.3, 0.4) is 0 Å². The van der Waals surface area contributed by atoms with Gasteiger partial charge in [-0.05, 0) is 37.8 Å². The number of para-hydroxylation sites is 1. The van der Waals surface area contributed by atoms with Gasteiger partial charge in [-0.15, -0.1) is 0 Å². The van der Waals surface area contributed by atoms with Gasteiger partial charge >= 0.3 is 0 Å². The molecule has 1 saturated carbocycles. The van der Waals surface area contributed by atoms with Crippen LogP contribution in [-0.4, -0.2) is 23.8 Å². The Balaban J connectivity index is 1.89. The van der Waals surface area contributed by atoms with Gasteiger partial charge in [-0.3, -0.25) is 0 Å². The maximum atomic E-state index is 14.4. The Bertz CT molecular complexity index is 520. The Hall–Kier alpha value is -1.13. The van der Waals surface area contributed by atoms with E-state index in [1.165, 1.54) is 6.07 Å². The highest BCUT2D eigenvalue weighted by molar-refractivity contribution is 5.56. The van der Waals surface area contributed by atoms with Crippen LogP contribution in [-0.2, 0) is 0 Å². The quantitative estimate of drug-likeness (QED) is 0.881. The fraction of sp³-hybridized carbons (Fsp3) is 0.647. The van der Waals surface area contributed by atoms with Crippen LogP contribution in [0.25, 0.3) is 0 Å². The molecule has 0 spiro atoms. The van der Waals surface area contributed by atoms with E-state index in [4.69, 9.17) is 5.73 Å². The molecule has 1 aromatic carbocycles. The van der Waals surface area contributed by atoms with E-state index in [-0.39, 0.29) is 17.8 Å². The lowest BCUT2D eigenvalue weighted by atomic mass is 9.71. The predicted octanol–water partition coefficient (Wildman–Crippen LogP) is 2.98. The highest BCUT2D eigenvalue weighted by Gasteiger charge is 2.43. The Morgan fingerprint density at radius 3 is 2.95 bits per heavy atom. The van der Waals surface area contributed by atoms with Crippen molar-refractivity contribution in [2.45, 2.75) is 50.7 Å². The minimum absolute atomic E-state index is 0.192. The third kappa shape index (κ3) is 2.67. The molecule has 0 amide bonds. The van der Waals surface area contributed by atoms with Gasteiger partial charge in [0.1, 0.15) is 5.82 Å². The van der Waals surface area contributed by atoms with Gasteiger partial charge in [-0.1, -0.05) is 25.0 Å². The number of nitrogens with two attached hydrogens (primary N) is 1. The zero-order valence-corrected chi connectivity index (χ0v) is 12.7. The van der Waals surface area contributed by atoms with Crippen molar-refractivity contribution in [1.82, 2.24) is 0 Å². The Morgan fingerprint density at radius 1 is 1.38 bits per heavy atom. The second-order valence-corrected chi connectivity index (χ2v) is 6.71. The van der Waals surface area contributed by atoms with Crippen molar-refractivity contribution < 1.29 is 9.50 Å². The summed E-state index contributed by atoms with van der Waals surface area (Å²) < 4.78 is 14.4. The molecule has 3 unspecified atom stereocenters. The molecule has 116 valence electrons. The standard InChI is InChI=1S/C17H25FN2O/c1-12(19)14-6-4-7-15(18)16(14)20-10-9-17(21)8-3-2-5-13(17)11-20/h4,6-7,12-13,21H,2-3,5,8-11,19H2,1H3. The molecule has 4 heteroatoms. The van der Waals surface area contributed by atoms with Crippen LogP contribution in [0.4, 0.5) is 10.1 Å². The lowest BCUT2D eigenvalue weighted by Crippen LogP contribution is -2.53. The highest BCUT2D eigenvalue weighted by Crippen LogP contribution is 2.42. The lowest BCUT2D eigenvalue weighted by molar-refractivity contribution is -0.0613. The van der Waals surface area contributed by atoms with Crippen molar-refractivity contribution in [2.24, 2.45) is 11.7 Å². The van der Waals surface area contributed by atoms with Crippen molar-refractivity contribution in [3.05, 3.63) is 29.6 Å². The predicted molar refractivity (Wildman–Crippen MR) is 82.7 cm³/mol. The van der Waals surface area contributed by atoms with E-state index in [2.05, 4.69) is 4.90 Å². The highest BCUT2D eigenvalue weighted by atomic mass is 19.1. The first-order chi connectivity index (χ1) is 10.0. The summed E-state index contributed by atoms with van der Waals surface area (Å²) in [6, 6.07) is 4.94. The van der Waals surface area contributed by atoms with Crippen LogP contribution in [0, 0.1) is 11.7 Å². The molecule has 1 aliphatic heterocycles. The molecule has 1 aliphatic carbocycles. The minimum atomic E-state index is -0.533. The average molecular weight is 292 g/mol. The van der Waals surface area contributed by atoms with Crippen LogP contribution < -0.4 is 10.6 Å². The number of hydrogen-bond donors (Lipinski definition) is 2. The topological polar surface area (TPSA) is 49.5 Å². The molecule has 3 N–H and O–H groups in total. The van der Waals surface area contributed by atoms with Gasteiger partial charge in [0.05, 0.1) is 11.3 Å². The molecule has 2 aliphatic rings. The van der Waals surface area contributed by atoms with E-state index in [0.29, 0.717) is 12.2 Å². The Morgan fingerprint density at radius 2 is 2.19 bits per heavy atom. The van der Waals surface area contributed by atoms with Gasteiger partial charge in [0, 0.05) is 25.0 Å². The van der Waals surface area contributed by atoms with Crippen LogP contribution in [0.5, 0.6) is 0 Å². The number of aliphatic hydroxyl groups is 1. The zero-order valence-electron chi connectivity index (χ0n) is 12.7. The Kier molecular flexibility index (Phi) is 3.93. The first-order valence-electron chi connectivity index (χ1n) is 8.02. The first kappa shape index (κ1) is 14.8. The summed E-state index contributed by atoms with van der Waals surface area (Å²) in [5.74, 6) is 0.0478. The summed E-state index contributed by atoms with van der Waals surface area (Å²) in [6.07, 6.45) is 4.93. The van der Waals surface area contributed by atoms with Crippen molar-refractivity contribution in [3.63, 3.8) is 0 Å². The van der Waals surface area contributed by atoms with E-state index in [1.54, 1.807) is 6.07 Å². The van der Waals surface area contributed by atoms with Crippen molar-refractivity contribution in [1.29, 1.82) is 0 Å². The molecule has 21 heavy (non-hydrogen) atoms. The maximum Gasteiger partial charge on any atom is 0.146 e. The summed E-state index contributed by atoms with van der Waals surface area (Å²) in [7, 11) is 0. The van der Waals surface area contributed by atoms with Crippen molar-refractivity contribution in [3.8, 4) is 0 Å².